The Kier molecular flexibility index (Phi) is 5.22. The zero-order valence-electron chi connectivity index (χ0n) is 13.4. The summed E-state index contributed by atoms with van der Waals surface area (Å²) in [5.41, 5.74) is 1.04. The van der Waals surface area contributed by atoms with Crippen molar-refractivity contribution in [1.29, 1.82) is 5.26 Å². The van der Waals surface area contributed by atoms with Crippen molar-refractivity contribution >= 4 is 21.5 Å². The van der Waals surface area contributed by atoms with Crippen molar-refractivity contribution in [3.05, 3.63) is 15.6 Å². The molecule has 0 aromatic carbocycles. The van der Waals surface area contributed by atoms with Crippen LogP contribution in [0.5, 0.6) is 0 Å². The molecule has 0 fully saturated rings. The standard InChI is InChI=1S/C14H22N4O2S2/c1-10(8-15)9-17(3)22(19,20)18(4)13-7-5-6-12-14(13)21-11(2)16-12/h10,13H,5-7,9H2,1-4H3/t10-,13-/m0/s1. The van der Waals surface area contributed by atoms with Crippen molar-refractivity contribution < 1.29 is 8.42 Å². The van der Waals surface area contributed by atoms with Gasteiger partial charge in [-0.1, -0.05) is 0 Å². The topological polar surface area (TPSA) is 77.3 Å². The van der Waals surface area contributed by atoms with Gasteiger partial charge >= 0.3 is 0 Å². The molecule has 1 aliphatic rings. The zero-order chi connectivity index (χ0) is 16.5. The van der Waals surface area contributed by atoms with Crippen molar-refractivity contribution in [2.24, 2.45) is 5.92 Å². The Bertz CT molecular complexity index is 678. The second-order valence-electron chi connectivity index (χ2n) is 5.79. The van der Waals surface area contributed by atoms with E-state index in [2.05, 4.69) is 11.1 Å². The van der Waals surface area contributed by atoms with Gasteiger partial charge in [-0.2, -0.15) is 22.3 Å². The van der Waals surface area contributed by atoms with Gasteiger partial charge in [0.15, 0.2) is 0 Å². The minimum absolute atomic E-state index is 0.153. The number of hydrogen-bond acceptors (Lipinski definition) is 5. The van der Waals surface area contributed by atoms with Gasteiger partial charge in [0.2, 0.25) is 0 Å². The van der Waals surface area contributed by atoms with E-state index in [0.717, 1.165) is 34.8 Å². The van der Waals surface area contributed by atoms with Crippen LogP contribution in [0.1, 0.15) is 41.4 Å². The molecular weight excluding hydrogens is 320 g/mol. The summed E-state index contributed by atoms with van der Waals surface area (Å²) in [5.74, 6) is -0.333. The molecular formula is C14H22N4O2S2. The van der Waals surface area contributed by atoms with Crippen LogP contribution in [-0.4, -0.2) is 42.7 Å². The molecule has 122 valence electrons. The third-order valence-corrected chi connectivity index (χ3v) is 7.01. The second kappa shape index (κ2) is 6.62. The first-order chi connectivity index (χ1) is 10.3. The van der Waals surface area contributed by atoms with Gasteiger partial charge in [-0.25, -0.2) is 4.98 Å². The molecule has 8 heteroatoms. The van der Waals surface area contributed by atoms with E-state index in [1.807, 2.05) is 6.92 Å². The van der Waals surface area contributed by atoms with Gasteiger partial charge in [0.05, 0.1) is 28.7 Å². The fourth-order valence-electron chi connectivity index (χ4n) is 2.77. The Labute approximate surface area is 136 Å². The first-order valence-electron chi connectivity index (χ1n) is 7.32. The van der Waals surface area contributed by atoms with Crippen LogP contribution in [0.25, 0.3) is 0 Å². The van der Waals surface area contributed by atoms with Gasteiger partial charge in [-0.05, 0) is 33.1 Å². The molecule has 1 aromatic heterocycles. The first-order valence-corrected chi connectivity index (χ1v) is 9.53. The molecule has 1 heterocycles. The lowest BCUT2D eigenvalue weighted by molar-refractivity contribution is 0.307. The molecule has 2 rings (SSSR count). The van der Waals surface area contributed by atoms with E-state index in [9.17, 15) is 8.42 Å². The Morgan fingerprint density at radius 2 is 2.18 bits per heavy atom. The van der Waals surface area contributed by atoms with Crippen LogP contribution in [0.3, 0.4) is 0 Å². The van der Waals surface area contributed by atoms with Crippen LogP contribution in [0.2, 0.25) is 0 Å². The predicted octanol–water partition coefficient (Wildman–Crippen LogP) is 2.10. The molecule has 2 atom stereocenters. The molecule has 0 unspecified atom stereocenters. The highest BCUT2D eigenvalue weighted by Gasteiger charge is 2.35. The third kappa shape index (κ3) is 3.33. The number of rotatable bonds is 5. The average molecular weight is 342 g/mol. The van der Waals surface area contributed by atoms with Gasteiger partial charge in [0, 0.05) is 25.5 Å². The molecule has 6 nitrogen and oxygen atoms in total. The Hall–Kier alpha value is -1.01. The van der Waals surface area contributed by atoms with E-state index in [4.69, 9.17) is 5.26 Å². The van der Waals surface area contributed by atoms with Crippen molar-refractivity contribution in [2.75, 3.05) is 20.6 Å². The Morgan fingerprint density at radius 3 is 2.82 bits per heavy atom. The molecule has 0 radical (unpaired) electrons. The number of nitriles is 1. The third-order valence-electron chi connectivity index (χ3n) is 3.98. The Balaban J connectivity index is 2.24. The molecule has 0 amide bonds. The summed E-state index contributed by atoms with van der Waals surface area (Å²) >= 11 is 1.58. The molecule has 0 saturated heterocycles. The highest BCUT2D eigenvalue weighted by molar-refractivity contribution is 7.86. The van der Waals surface area contributed by atoms with Crippen molar-refractivity contribution in [1.82, 2.24) is 13.6 Å². The Morgan fingerprint density at radius 1 is 1.50 bits per heavy atom. The SMILES string of the molecule is Cc1nc2c(s1)[C@@H](N(C)S(=O)(=O)N(C)C[C@@H](C)C#N)CCC2. The fourth-order valence-corrected chi connectivity index (χ4v) is 5.37. The smallest absolute Gasteiger partial charge is 0.246 e. The lowest BCUT2D eigenvalue weighted by Gasteiger charge is -2.33. The van der Waals surface area contributed by atoms with Crippen molar-refractivity contribution in [2.45, 2.75) is 39.2 Å². The van der Waals surface area contributed by atoms with E-state index in [-0.39, 0.29) is 18.5 Å². The molecule has 0 spiro atoms. The lowest BCUT2D eigenvalue weighted by atomic mass is 9.98. The van der Waals surface area contributed by atoms with Crippen LogP contribution < -0.4 is 0 Å². The van der Waals surface area contributed by atoms with E-state index in [0.29, 0.717) is 0 Å². The highest BCUT2D eigenvalue weighted by Crippen LogP contribution is 2.38. The summed E-state index contributed by atoms with van der Waals surface area (Å²) < 4.78 is 28.2. The fraction of sp³-hybridized carbons (Fsp3) is 0.714. The van der Waals surface area contributed by atoms with Crippen LogP contribution in [0, 0.1) is 24.2 Å². The van der Waals surface area contributed by atoms with Crippen LogP contribution in [0.15, 0.2) is 0 Å². The molecule has 0 aliphatic heterocycles. The summed E-state index contributed by atoms with van der Waals surface area (Å²) in [6, 6.07) is 1.92. The van der Waals surface area contributed by atoms with Crippen molar-refractivity contribution in [3.8, 4) is 6.07 Å². The number of fused-ring (bicyclic) bond motifs is 1. The molecule has 0 saturated carbocycles. The van der Waals surface area contributed by atoms with Crippen LogP contribution in [-0.2, 0) is 16.6 Å². The monoisotopic (exact) mass is 342 g/mol. The second-order valence-corrected chi connectivity index (χ2v) is 9.12. The summed E-state index contributed by atoms with van der Waals surface area (Å²) in [5, 5.41) is 9.86. The number of hydrogen-bond donors (Lipinski definition) is 0. The minimum atomic E-state index is -3.58. The average Bonchev–Trinajstić information content (AvgIpc) is 2.85. The number of thiazole rings is 1. The normalized spacial score (nSPS) is 20.0. The first kappa shape index (κ1) is 17.3. The predicted molar refractivity (Wildman–Crippen MR) is 86.6 cm³/mol. The molecule has 0 bridgehead atoms. The molecule has 22 heavy (non-hydrogen) atoms. The molecule has 1 aliphatic carbocycles. The maximum atomic E-state index is 12.7. The maximum Gasteiger partial charge on any atom is 0.282 e. The van der Waals surface area contributed by atoms with Gasteiger partial charge in [-0.3, -0.25) is 0 Å². The van der Waals surface area contributed by atoms with Gasteiger partial charge < -0.3 is 0 Å². The minimum Gasteiger partial charge on any atom is -0.246 e. The van der Waals surface area contributed by atoms with E-state index in [1.165, 1.54) is 15.7 Å². The van der Waals surface area contributed by atoms with E-state index in [1.54, 1.807) is 25.3 Å². The quantitative estimate of drug-likeness (QED) is 0.821. The van der Waals surface area contributed by atoms with Crippen LogP contribution >= 0.6 is 11.3 Å². The van der Waals surface area contributed by atoms with Gasteiger partial charge in [-0.15, -0.1) is 11.3 Å². The zero-order valence-corrected chi connectivity index (χ0v) is 15.0. The number of nitrogens with zero attached hydrogens (tertiary/aromatic N) is 4. The van der Waals surface area contributed by atoms with Gasteiger partial charge in [0.25, 0.3) is 10.2 Å². The molecule has 1 aromatic rings. The lowest BCUT2D eigenvalue weighted by Crippen LogP contribution is -2.43. The highest BCUT2D eigenvalue weighted by atomic mass is 32.2. The summed E-state index contributed by atoms with van der Waals surface area (Å²) in [4.78, 5) is 5.58. The number of aryl methyl sites for hydroxylation is 2. The van der Waals surface area contributed by atoms with E-state index < -0.39 is 10.2 Å². The van der Waals surface area contributed by atoms with E-state index >= 15 is 0 Å². The summed E-state index contributed by atoms with van der Waals surface area (Å²) in [6.07, 6.45) is 2.68. The number of aromatic nitrogens is 1. The largest absolute Gasteiger partial charge is 0.282 e. The summed E-state index contributed by atoms with van der Waals surface area (Å²) in [7, 11) is -0.431. The summed E-state index contributed by atoms with van der Waals surface area (Å²) in [6.45, 7) is 3.87. The van der Waals surface area contributed by atoms with Gasteiger partial charge in [0.1, 0.15) is 0 Å². The maximum absolute atomic E-state index is 12.7. The molecule has 0 N–H and O–H groups in total. The van der Waals surface area contributed by atoms with Crippen LogP contribution in [0.4, 0.5) is 0 Å². The van der Waals surface area contributed by atoms with Crippen molar-refractivity contribution in [3.63, 3.8) is 0 Å².